The van der Waals surface area contributed by atoms with Gasteiger partial charge in [-0.05, 0) is 26.2 Å². The van der Waals surface area contributed by atoms with Gasteiger partial charge >= 0.3 is 0 Å². The van der Waals surface area contributed by atoms with Gasteiger partial charge in [0.05, 0.1) is 12.0 Å². The lowest BCUT2D eigenvalue weighted by Gasteiger charge is -2.19. The van der Waals surface area contributed by atoms with Crippen LogP contribution in [-0.2, 0) is 4.79 Å². The number of carbonyl (C=O) groups is 1. The van der Waals surface area contributed by atoms with E-state index in [1.807, 2.05) is 0 Å². The average molecular weight is 198 g/mol. The molecule has 2 rings (SSSR count). The van der Waals surface area contributed by atoms with E-state index in [1.54, 1.807) is 6.92 Å². The van der Waals surface area contributed by atoms with Crippen LogP contribution >= 0.6 is 0 Å². The molecular weight excluding hydrogens is 180 g/mol. The molecule has 4 heteroatoms. The minimum Gasteiger partial charge on any atom is -0.392 e. The Morgan fingerprint density at radius 1 is 1.64 bits per heavy atom. The van der Waals surface area contributed by atoms with Gasteiger partial charge in [0, 0.05) is 18.6 Å². The molecule has 14 heavy (non-hydrogen) atoms. The van der Waals surface area contributed by atoms with Gasteiger partial charge in [-0.2, -0.15) is 0 Å². The Morgan fingerprint density at radius 3 is 2.93 bits per heavy atom. The van der Waals surface area contributed by atoms with Crippen molar-refractivity contribution in [3.8, 4) is 0 Å². The molecule has 0 spiro atoms. The van der Waals surface area contributed by atoms with Crippen LogP contribution in [0.2, 0.25) is 0 Å². The summed E-state index contributed by atoms with van der Waals surface area (Å²) in [5.41, 5.74) is 0. The molecule has 0 aromatic heterocycles. The molecule has 0 aromatic rings. The minimum absolute atomic E-state index is 0.102. The van der Waals surface area contributed by atoms with Crippen LogP contribution in [0, 0.1) is 5.92 Å². The first kappa shape index (κ1) is 9.93. The summed E-state index contributed by atoms with van der Waals surface area (Å²) in [6.07, 6.45) is 2.85. The highest BCUT2D eigenvalue weighted by atomic mass is 16.3. The van der Waals surface area contributed by atoms with E-state index in [1.165, 1.54) is 6.42 Å². The average Bonchev–Trinajstić information content (AvgIpc) is 2.74. The monoisotopic (exact) mass is 198 g/mol. The van der Waals surface area contributed by atoms with Crippen LogP contribution in [0.25, 0.3) is 0 Å². The fraction of sp³-hybridized carbons (Fsp3) is 0.900. The van der Waals surface area contributed by atoms with Crippen molar-refractivity contribution >= 4 is 5.91 Å². The van der Waals surface area contributed by atoms with Gasteiger partial charge in [0.25, 0.3) is 0 Å². The van der Waals surface area contributed by atoms with Gasteiger partial charge in [0.15, 0.2) is 0 Å². The van der Waals surface area contributed by atoms with Crippen molar-refractivity contribution < 1.29 is 9.90 Å². The third kappa shape index (κ3) is 1.91. The number of carbonyl (C=O) groups excluding carboxylic acids is 1. The lowest BCUT2D eigenvalue weighted by atomic mass is 9.88. The van der Waals surface area contributed by atoms with Crippen molar-refractivity contribution in [2.45, 2.75) is 44.4 Å². The molecule has 2 fully saturated rings. The molecule has 4 nitrogen and oxygen atoms in total. The van der Waals surface area contributed by atoms with E-state index in [2.05, 4.69) is 10.6 Å². The third-order valence-corrected chi connectivity index (χ3v) is 3.21. The van der Waals surface area contributed by atoms with Crippen molar-refractivity contribution in [2.24, 2.45) is 5.92 Å². The second-order valence-electron chi connectivity index (χ2n) is 4.48. The van der Waals surface area contributed by atoms with Gasteiger partial charge in [-0.15, -0.1) is 0 Å². The van der Waals surface area contributed by atoms with Gasteiger partial charge in [-0.1, -0.05) is 0 Å². The highest BCUT2D eigenvalue weighted by Crippen LogP contribution is 2.33. The molecule has 2 aliphatic heterocycles. The summed E-state index contributed by atoms with van der Waals surface area (Å²) in [4.78, 5) is 11.7. The van der Waals surface area contributed by atoms with Crippen LogP contribution in [0.4, 0.5) is 0 Å². The minimum atomic E-state index is -0.453. The molecule has 2 saturated heterocycles. The van der Waals surface area contributed by atoms with Gasteiger partial charge < -0.3 is 15.7 Å². The zero-order chi connectivity index (χ0) is 10.1. The van der Waals surface area contributed by atoms with Crippen molar-refractivity contribution in [3.63, 3.8) is 0 Å². The molecule has 0 radical (unpaired) electrons. The summed E-state index contributed by atoms with van der Waals surface area (Å²) in [7, 11) is 0. The zero-order valence-corrected chi connectivity index (χ0v) is 8.49. The molecule has 1 amide bonds. The van der Waals surface area contributed by atoms with Crippen molar-refractivity contribution in [3.05, 3.63) is 0 Å². The van der Waals surface area contributed by atoms with Gasteiger partial charge in [-0.3, -0.25) is 4.79 Å². The number of rotatable bonds is 3. The summed E-state index contributed by atoms with van der Waals surface area (Å²) in [6.45, 7) is 2.05. The lowest BCUT2D eigenvalue weighted by Crippen LogP contribution is -2.40. The molecule has 2 heterocycles. The number of fused-ring (bicyclic) bond motifs is 2. The van der Waals surface area contributed by atoms with E-state index < -0.39 is 6.10 Å². The normalized spacial score (nSPS) is 37.1. The van der Waals surface area contributed by atoms with E-state index in [-0.39, 0.29) is 11.8 Å². The largest absolute Gasteiger partial charge is 0.392 e. The van der Waals surface area contributed by atoms with E-state index >= 15 is 0 Å². The zero-order valence-electron chi connectivity index (χ0n) is 8.49. The maximum absolute atomic E-state index is 11.7. The second kappa shape index (κ2) is 3.87. The SMILES string of the molecule is CC(O)CNC(=O)C1CC2CCC1N2. The molecule has 0 saturated carbocycles. The Hall–Kier alpha value is -0.610. The Bertz CT molecular complexity index is 230. The first-order chi connectivity index (χ1) is 6.66. The Balaban J connectivity index is 1.81. The van der Waals surface area contributed by atoms with Gasteiger partial charge in [-0.25, -0.2) is 0 Å². The van der Waals surface area contributed by atoms with E-state index in [0.29, 0.717) is 18.6 Å². The highest BCUT2D eigenvalue weighted by molar-refractivity contribution is 5.80. The molecule has 0 aliphatic carbocycles. The van der Waals surface area contributed by atoms with Crippen molar-refractivity contribution in [1.29, 1.82) is 0 Å². The molecule has 0 aromatic carbocycles. The predicted octanol–water partition coefficient (Wildman–Crippen LogP) is -0.376. The topological polar surface area (TPSA) is 61.4 Å². The fourth-order valence-electron chi connectivity index (χ4n) is 2.49. The highest BCUT2D eigenvalue weighted by Gasteiger charge is 2.42. The van der Waals surface area contributed by atoms with Gasteiger partial charge in [0.2, 0.25) is 5.91 Å². The summed E-state index contributed by atoms with van der Waals surface area (Å²) in [5, 5.41) is 15.2. The summed E-state index contributed by atoms with van der Waals surface area (Å²) >= 11 is 0. The fourth-order valence-corrected chi connectivity index (χ4v) is 2.49. The van der Waals surface area contributed by atoms with Crippen LogP contribution in [0.3, 0.4) is 0 Å². The van der Waals surface area contributed by atoms with Crippen LogP contribution in [0.1, 0.15) is 26.2 Å². The number of amides is 1. The van der Waals surface area contributed by atoms with E-state index in [0.717, 1.165) is 12.8 Å². The maximum atomic E-state index is 11.7. The maximum Gasteiger partial charge on any atom is 0.224 e. The molecule has 2 bridgehead atoms. The number of hydrogen-bond acceptors (Lipinski definition) is 3. The van der Waals surface area contributed by atoms with Crippen LogP contribution < -0.4 is 10.6 Å². The molecule has 2 aliphatic rings. The smallest absolute Gasteiger partial charge is 0.224 e. The van der Waals surface area contributed by atoms with E-state index in [9.17, 15) is 4.79 Å². The molecular formula is C10H18N2O2. The Morgan fingerprint density at radius 2 is 2.43 bits per heavy atom. The first-order valence-electron chi connectivity index (χ1n) is 5.38. The Kier molecular flexibility index (Phi) is 2.74. The first-order valence-corrected chi connectivity index (χ1v) is 5.38. The van der Waals surface area contributed by atoms with Crippen molar-refractivity contribution in [1.82, 2.24) is 10.6 Å². The molecule has 4 atom stereocenters. The summed E-state index contributed by atoms with van der Waals surface area (Å²) in [5.74, 6) is 0.234. The number of hydrogen-bond donors (Lipinski definition) is 3. The molecule has 3 N–H and O–H groups in total. The standard InChI is InChI=1S/C10H18N2O2/c1-6(13)5-11-10(14)8-4-7-2-3-9(8)12-7/h6-9,12-13H,2-5H2,1H3,(H,11,14). The quantitative estimate of drug-likeness (QED) is 0.579. The Labute approximate surface area is 84.1 Å². The number of aliphatic hydroxyl groups is 1. The molecule has 80 valence electrons. The summed E-state index contributed by atoms with van der Waals surface area (Å²) in [6, 6.07) is 0.941. The molecule has 4 unspecified atom stereocenters. The predicted molar refractivity (Wildman–Crippen MR) is 52.7 cm³/mol. The lowest BCUT2D eigenvalue weighted by molar-refractivity contribution is -0.126. The summed E-state index contributed by atoms with van der Waals surface area (Å²) < 4.78 is 0. The third-order valence-electron chi connectivity index (χ3n) is 3.21. The van der Waals surface area contributed by atoms with Gasteiger partial charge in [0.1, 0.15) is 0 Å². The van der Waals surface area contributed by atoms with Crippen LogP contribution in [0.15, 0.2) is 0 Å². The van der Waals surface area contributed by atoms with E-state index in [4.69, 9.17) is 5.11 Å². The van der Waals surface area contributed by atoms with Crippen LogP contribution in [-0.4, -0.2) is 35.7 Å². The number of nitrogens with one attached hydrogen (secondary N) is 2. The number of aliphatic hydroxyl groups excluding tert-OH is 1. The van der Waals surface area contributed by atoms with Crippen molar-refractivity contribution in [2.75, 3.05) is 6.54 Å². The van der Waals surface area contributed by atoms with Crippen LogP contribution in [0.5, 0.6) is 0 Å². The second-order valence-corrected chi connectivity index (χ2v) is 4.48.